The molecule has 0 aliphatic carbocycles. The number of allylic oxidation sites excluding steroid dienone is 12. The molecule has 0 bridgehead atoms. The minimum atomic E-state index is -4.77. The first-order valence-corrected chi connectivity index (χ1v) is 21.5. The zero-order valence-corrected chi connectivity index (χ0v) is 33.9. The molecule has 0 saturated carbocycles. The van der Waals surface area contributed by atoms with Crippen LogP contribution in [0.1, 0.15) is 142 Å². The van der Waals surface area contributed by atoms with E-state index >= 15 is 0 Å². The van der Waals surface area contributed by atoms with Gasteiger partial charge < -0.3 is 25.2 Å². The lowest BCUT2D eigenvalue weighted by Gasteiger charge is -2.18. The Kier molecular flexibility index (Phi) is 34.8. The third-order valence-corrected chi connectivity index (χ3v) is 8.94. The van der Waals surface area contributed by atoms with Crippen molar-refractivity contribution in [2.75, 3.05) is 19.8 Å². The number of phosphoric ester groups is 1. The van der Waals surface area contributed by atoms with Crippen molar-refractivity contribution in [3.05, 3.63) is 72.9 Å². The number of nitrogens with one attached hydrogen (secondary N) is 1. The number of carbonyl (C=O) groups is 3. The molecular weight excluding hydrogens is 709 g/mol. The number of aliphatic hydroxyl groups excluding tert-OH is 1. The molecule has 3 unspecified atom stereocenters. The van der Waals surface area contributed by atoms with E-state index in [-0.39, 0.29) is 12.8 Å². The molecule has 1 amide bonds. The molecule has 0 spiro atoms. The Balaban J connectivity index is 4.00. The number of unbranched alkanes of at least 4 members (excludes halogenated alkanes) is 10. The maximum atomic E-state index is 12.3. The summed E-state index contributed by atoms with van der Waals surface area (Å²) in [6.45, 7) is 2.31. The maximum absolute atomic E-state index is 12.3. The largest absolute Gasteiger partial charge is 0.480 e. The second-order valence-electron chi connectivity index (χ2n) is 13.1. The predicted octanol–water partition coefficient (Wildman–Crippen LogP) is 9.77. The third kappa shape index (κ3) is 35.9. The first-order valence-electron chi connectivity index (χ1n) is 20.0. The van der Waals surface area contributed by atoms with Gasteiger partial charge in [0.15, 0.2) is 6.04 Å². The predicted molar refractivity (Wildman–Crippen MR) is 217 cm³/mol. The number of carbonyl (C=O) groups excluding carboxylic acids is 2. The summed E-state index contributed by atoms with van der Waals surface area (Å²) in [7, 11) is -4.77. The second kappa shape index (κ2) is 36.9. The molecule has 0 rings (SSSR count). The SMILES string of the molecule is CC/C=C\C/C=C\C/C=C\CCCCCCCC(=O)NC(COP(=O)(O)OCC(O)COC(=O)CCCCCCC/C=C\C/C=C\C/C=C\CC)C(=O)O. The summed E-state index contributed by atoms with van der Waals surface area (Å²) in [6, 6.07) is -1.56. The molecule has 11 nitrogen and oxygen atoms in total. The number of carboxylic acids is 1. The van der Waals surface area contributed by atoms with Crippen molar-refractivity contribution in [3.63, 3.8) is 0 Å². The van der Waals surface area contributed by atoms with E-state index in [1.165, 1.54) is 0 Å². The Hall–Kier alpha value is -3.08. The molecule has 0 aromatic rings. The van der Waals surface area contributed by atoms with Crippen molar-refractivity contribution >= 4 is 25.7 Å². The molecular formula is C42H70NO10P. The topological polar surface area (TPSA) is 169 Å². The van der Waals surface area contributed by atoms with Crippen molar-refractivity contribution in [1.29, 1.82) is 0 Å². The van der Waals surface area contributed by atoms with Gasteiger partial charge in [-0.1, -0.05) is 125 Å². The van der Waals surface area contributed by atoms with E-state index in [9.17, 15) is 34.1 Å². The molecule has 12 heteroatoms. The molecule has 3 atom stereocenters. The molecule has 0 aromatic heterocycles. The highest BCUT2D eigenvalue weighted by molar-refractivity contribution is 7.47. The van der Waals surface area contributed by atoms with E-state index in [4.69, 9.17) is 13.8 Å². The number of hydrogen-bond donors (Lipinski definition) is 4. The lowest BCUT2D eigenvalue weighted by Crippen LogP contribution is -2.43. The van der Waals surface area contributed by atoms with Gasteiger partial charge in [-0.25, -0.2) is 9.36 Å². The lowest BCUT2D eigenvalue weighted by molar-refractivity contribution is -0.147. The van der Waals surface area contributed by atoms with E-state index in [0.29, 0.717) is 12.8 Å². The summed E-state index contributed by atoms with van der Waals surface area (Å²) in [5.41, 5.74) is 0. The number of rotatable bonds is 36. The van der Waals surface area contributed by atoms with E-state index in [0.717, 1.165) is 103 Å². The molecule has 308 valence electrons. The summed E-state index contributed by atoms with van der Waals surface area (Å²) < 4.78 is 26.7. The van der Waals surface area contributed by atoms with Crippen molar-refractivity contribution in [2.24, 2.45) is 0 Å². The summed E-state index contributed by atoms with van der Waals surface area (Å²) in [6.07, 6.45) is 42.1. The lowest BCUT2D eigenvalue weighted by atomic mass is 10.1. The van der Waals surface area contributed by atoms with Crippen LogP contribution in [0.4, 0.5) is 0 Å². The molecule has 0 saturated heterocycles. The fourth-order valence-corrected chi connectivity index (χ4v) is 5.70. The van der Waals surface area contributed by atoms with Crippen molar-refractivity contribution in [3.8, 4) is 0 Å². The van der Waals surface area contributed by atoms with Gasteiger partial charge in [0.25, 0.3) is 0 Å². The van der Waals surface area contributed by atoms with Crippen LogP contribution in [0.2, 0.25) is 0 Å². The Morgan fingerprint density at radius 1 is 0.593 bits per heavy atom. The number of aliphatic hydroxyl groups is 1. The zero-order valence-electron chi connectivity index (χ0n) is 33.0. The van der Waals surface area contributed by atoms with Gasteiger partial charge in [-0.05, 0) is 77.0 Å². The van der Waals surface area contributed by atoms with E-state index in [1.807, 2.05) is 0 Å². The average Bonchev–Trinajstić information content (AvgIpc) is 3.14. The van der Waals surface area contributed by atoms with Gasteiger partial charge in [-0.3, -0.25) is 18.6 Å². The minimum Gasteiger partial charge on any atom is -0.480 e. The van der Waals surface area contributed by atoms with Crippen molar-refractivity contribution in [1.82, 2.24) is 5.32 Å². The molecule has 0 aliphatic heterocycles. The van der Waals surface area contributed by atoms with Gasteiger partial charge in [0, 0.05) is 12.8 Å². The summed E-state index contributed by atoms with van der Waals surface area (Å²) in [4.78, 5) is 45.8. The summed E-state index contributed by atoms with van der Waals surface area (Å²) in [5, 5.41) is 21.8. The number of phosphoric acid groups is 1. The molecule has 0 heterocycles. The Morgan fingerprint density at radius 3 is 1.52 bits per heavy atom. The maximum Gasteiger partial charge on any atom is 0.472 e. The minimum absolute atomic E-state index is 0.121. The van der Waals surface area contributed by atoms with Gasteiger partial charge in [-0.15, -0.1) is 0 Å². The van der Waals surface area contributed by atoms with E-state index < -0.39 is 57.6 Å². The molecule has 0 aliphatic rings. The number of esters is 1. The van der Waals surface area contributed by atoms with Gasteiger partial charge in [0.2, 0.25) is 5.91 Å². The van der Waals surface area contributed by atoms with Gasteiger partial charge >= 0.3 is 19.8 Å². The van der Waals surface area contributed by atoms with Crippen molar-refractivity contribution in [2.45, 2.75) is 154 Å². The van der Waals surface area contributed by atoms with Crippen LogP contribution in [0.5, 0.6) is 0 Å². The molecule has 0 radical (unpaired) electrons. The fraction of sp³-hybridized carbons (Fsp3) is 0.643. The first-order chi connectivity index (χ1) is 26.1. The Morgan fingerprint density at radius 2 is 1.02 bits per heavy atom. The highest BCUT2D eigenvalue weighted by Crippen LogP contribution is 2.43. The Labute approximate surface area is 325 Å². The standard InChI is InChI=1S/C42H70NO10P/c1-3-5-7-9-11-13-15-17-19-21-23-25-27-29-31-33-40(45)43-39(42(47)48)37-53-54(49,50)52-36-38(44)35-51-41(46)34-32-30-28-26-24-22-20-18-16-14-12-10-8-6-4-2/h5-8,11-14,17-20,38-39,44H,3-4,9-10,15-16,21-37H2,1-2H3,(H,43,45)(H,47,48)(H,49,50)/b7-5-,8-6-,13-11-,14-12-,19-17-,20-18-. The number of aliphatic carboxylic acids is 1. The highest BCUT2D eigenvalue weighted by Gasteiger charge is 2.28. The number of carboxylic acid groups (broad SMARTS) is 1. The highest BCUT2D eigenvalue weighted by atomic mass is 31.2. The van der Waals surface area contributed by atoms with Crippen LogP contribution in [0.3, 0.4) is 0 Å². The van der Waals surface area contributed by atoms with Gasteiger partial charge in [0.1, 0.15) is 12.7 Å². The van der Waals surface area contributed by atoms with Crippen LogP contribution in [0, 0.1) is 0 Å². The van der Waals surface area contributed by atoms with Crippen LogP contribution in [-0.4, -0.2) is 64.9 Å². The quantitative estimate of drug-likeness (QED) is 0.0208. The number of ether oxygens (including phenoxy) is 1. The third-order valence-electron chi connectivity index (χ3n) is 7.99. The first kappa shape index (κ1) is 50.9. The monoisotopic (exact) mass is 779 g/mol. The molecule has 0 aromatic carbocycles. The normalized spacial score (nSPS) is 14.6. The van der Waals surface area contributed by atoms with E-state index in [1.54, 1.807) is 0 Å². The summed E-state index contributed by atoms with van der Waals surface area (Å²) >= 11 is 0. The van der Waals surface area contributed by atoms with Crippen LogP contribution >= 0.6 is 7.82 Å². The smallest absolute Gasteiger partial charge is 0.472 e. The zero-order chi connectivity index (χ0) is 40.0. The Bertz CT molecular complexity index is 1190. The molecule has 54 heavy (non-hydrogen) atoms. The number of hydrogen-bond acceptors (Lipinski definition) is 8. The van der Waals surface area contributed by atoms with E-state index in [2.05, 4.69) is 92.1 Å². The fourth-order valence-electron chi connectivity index (χ4n) is 4.93. The van der Waals surface area contributed by atoms with Gasteiger partial charge in [-0.2, -0.15) is 0 Å². The van der Waals surface area contributed by atoms with Gasteiger partial charge in [0.05, 0.1) is 13.2 Å². The van der Waals surface area contributed by atoms with Crippen LogP contribution in [-0.2, 0) is 32.7 Å². The molecule has 0 fully saturated rings. The van der Waals surface area contributed by atoms with Crippen molar-refractivity contribution < 1.29 is 47.8 Å². The van der Waals surface area contributed by atoms with Crippen LogP contribution in [0.15, 0.2) is 72.9 Å². The second-order valence-corrected chi connectivity index (χ2v) is 14.5. The number of amides is 1. The van der Waals surface area contributed by atoms with Crippen LogP contribution in [0.25, 0.3) is 0 Å². The van der Waals surface area contributed by atoms with Crippen LogP contribution < -0.4 is 5.32 Å². The molecule has 4 N–H and O–H groups in total. The summed E-state index contributed by atoms with van der Waals surface area (Å²) in [5.74, 6) is -2.43. The average molecular weight is 780 g/mol.